The highest BCUT2D eigenvalue weighted by molar-refractivity contribution is 5.78. The smallest absolute Gasteiger partial charge is 0.224 e. The van der Waals surface area contributed by atoms with Crippen LogP contribution in [0.15, 0.2) is 73.1 Å². The number of hydrogen-bond acceptors (Lipinski definition) is 1. The third-order valence-electron chi connectivity index (χ3n) is 3.88. The van der Waals surface area contributed by atoms with Crippen LogP contribution < -0.4 is 5.32 Å². The molecule has 4 heteroatoms. The molecular weight excluding hydrogens is 303 g/mol. The van der Waals surface area contributed by atoms with Crippen LogP contribution in [-0.2, 0) is 17.6 Å². The van der Waals surface area contributed by atoms with E-state index in [0.717, 1.165) is 11.3 Å². The Morgan fingerprint density at radius 1 is 0.958 bits per heavy atom. The van der Waals surface area contributed by atoms with Gasteiger partial charge in [-0.3, -0.25) is 4.79 Å². The number of halogens is 1. The normalized spacial score (nSPS) is 10.5. The summed E-state index contributed by atoms with van der Waals surface area (Å²) in [6.45, 7) is 0.432. The van der Waals surface area contributed by atoms with E-state index < -0.39 is 0 Å². The summed E-state index contributed by atoms with van der Waals surface area (Å²) < 4.78 is 15.5. The van der Waals surface area contributed by atoms with Crippen LogP contribution in [0.3, 0.4) is 0 Å². The third-order valence-corrected chi connectivity index (χ3v) is 3.88. The minimum absolute atomic E-state index is 0.0555. The van der Waals surface area contributed by atoms with Crippen LogP contribution in [0, 0.1) is 5.82 Å². The van der Waals surface area contributed by atoms with Crippen molar-refractivity contribution < 1.29 is 9.18 Å². The number of amides is 1. The SMILES string of the molecule is O=C(Cc1ccc(-n2cccc2)cc1)NCCc1ccccc1F. The van der Waals surface area contributed by atoms with Gasteiger partial charge < -0.3 is 9.88 Å². The largest absolute Gasteiger partial charge is 0.355 e. The Hall–Kier alpha value is -2.88. The average molecular weight is 322 g/mol. The summed E-state index contributed by atoms with van der Waals surface area (Å²) in [5.41, 5.74) is 2.63. The van der Waals surface area contributed by atoms with Crippen molar-refractivity contribution in [2.24, 2.45) is 0 Å². The quantitative estimate of drug-likeness (QED) is 0.740. The van der Waals surface area contributed by atoms with Crippen molar-refractivity contribution in [3.8, 4) is 5.69 Å². The lowest BCUT2D eigenvalue weighted by atomic mass is 10.1. The number of benzene rings is 2. The van der Waals surface area contributed by atoms with Gasteiger partial charge in [-0.25, -0.2) is 4.39 Å². The highest BCUT2D eigenvalue weighted by Gasteiger charge is 2.05. The van der Waals surface area contributed by atoms with Crippen molar-refractivity contribution >= 4 is 5.91 Å². The van der Waals surface area contributed by atoms with Gasteiger partial charge in [-0.2, -0.15) is 0 Å². The molecule has 0 spiro atoms. The lowest BCUT2D eigenvalue weighted by Gasteiger charge is -2.07. The molecule has 2 aromatic carbocycles. The molecule has 0 bridgehead atoms. The van der Waals surface area contributed by atoms with Crippen molar-refractivity contribution in [1.82, 2.24) is 9.88 Å². The molecule has 24 heavy (non-hydrogen) atoms. The van der Waals surface area contributed by atoms with Crippen LogP contribution in [0.4, 0.5) is 4.39 Å². The molecule has 0 aliphatic heterocycles. The molecule has 3 nitrogen and oxygen atoms in total. The number of nitrogens with zero attached hydrogens (tertiary/aromatic N) is 1. The van der Waals surface area contributed by atoms with E-state index in [4.69, 9.17) is 0 Å². The molecule has 0 fully saturated rings. The van der Waals surface area contributed by atoms with Crippen LogP contribution in [0.2, 0.25) is 0 Å². The molecule has 0 aliphatic rings. The fraction of sp³-hybridized carbons (Fsp3) is 0.150. The average Bonchev–Trinajstić information content (AvgIpc) is 3.12. The van der Waals surface area contributed by atoms with Gasteiger partial charge in [0.1, 0.15) is 5.82 Å². The van der Waals surface area contributed by atoms with E-state index >= 15 is 0 Å². The molecular formula is C20H19FN2O. The van der Waals surface area contributed by atoms with Gasteiger partial charge in [0.25, 0.3) is 0 Å². The van der Waals surface area contributed by atoms with Crippen molar-refractivity contribution in [3.63, 3.8) is 0 Å². The molecule has 3 aromatic rings. The molecule has 0 saturated heterocycles. The fourth-order valence-electron chi connectivity index (χ4n) is 2.58. The van der Waals surface area contributed by atoms with E-state index in [2.05, 4.69) is 5.32 Å². The van der Waals surface area contributed by atoms with Crippen molar-refractivity contribution in [2.45, 2.75) is 12.8 Å². The summed E-state index contributed by atoms with van der Waals surface area (Å²) in [5, 5.41) is 2.84. The highest BCUT2D eigenvalue weighted by atomic mass is 19.1. The van der Waals surface area contributed by atoms with E-state index in [9.17, 15) is 9.18 Å². The van der Waals surface area contributed by atoms with Crippen molar-refractivity contribution in [1.29, 1.82) is 0 Å². The van der Waals surface area contributed by atoms with Crippen molar-refractivity contribution in [2.75, 3.05) is 6.54 Å². The first-order valence-corrected chi connectivity index (χ1v) is 7.95. The van der Waals surface area contributed by atoms with E-state index in [1.807, 2.05) is 53.4 Å². The van der Waals surface area contributed by atoms with Crippen LogP contribution in [0.5, 0.6) is 0 Å². The Labute approximate surface area is 140 Å². The maximum absolute atomic E-state index is 13.5. The second-order valence-electron chi connectivity index (χ2n) is 5.62. The highest BCUT2D eigenvalue weighted by Crippen LogP contribution is 2.10. The van der Waals surface area contributed by atoms with Crippen molar-refractivity contribution in [3.05, 3.63) is 90.0 Å². The van der Waals surface area contributed by atoms with Crippen LogP contribution in [0.25, 0.3) is 5.69 Å². The molecule has 1 aromatic heterocycles. The summed E-state index contributed by atoms with van der Waals surface area (Å²) in [7, 11) is 0. The van der Waals surface area contributed by atoms with Gasteiger partial charge in [0, 0.05) is 24.6 Å². The van der Waals surface area contributed by atoms with Gasteiger partial charge in [0.15, 0.2) is 0 Å². The Balaban J connectivity index is 1.49. The van der Waals surface area contributed by atoms with Crippen LogP contribution in [-0.4, -0.2) is 17.0 Å². The zero-order valence-electron chi connectivity index (χ0n) is 13.3. The molecule has 0 unspecified atom stereocenters. The van der Waals surface area contributed by atoms with E-state index in [1.54, 1.807) is 18.2 Å². The van der Waals surface area contributed by atoms with E-state index in [1.165, 1.54) is 6.07 Å². The zero-order chi connectivity index (χ0) is 16.8. The van der Waals surface area contributed by atoms with Gasteiger partial charge in [-0.05, 0) is 47.9 Å². The van der Waals surface area contributed by atoms with E-state index in [-0.39, 0.29) is 11.7 Å². The lowest BCUT2D eigenvalue weighted by molar-refractivity contribution is -0.120. The predicted molar refractivity (Wildman–Crippen MR) is 92.6 cm³/mol. The molecule has 1 heterocycles. The van der Waals surface area contributed by atoms with Gasteiger partial charge in [0.2, 0.25) is 5.91 Å². The second kappa shape index (κ2) is 7.59. The Morgan fingerprint density at radius 2 is 1.67 bits per heavy atom. The summed E-state index contributed by atoms with van der Waals surface area (Å²) in [5.74, 6) is -0.285. The Kier molecular flexibility index (Phi) is 5.06. The number of rotatable bonds is 6. The number of hydrogen-bond donors (Lipinski definition) is 1. The number of carbonyl (C=O) groups excluding carboxylic acids is 1. The van der Waals surface area contributed by atoms with Gasteiger partial charge in [-0.1, -0.05) is 30.3 Å². The first kappa shape index (κ1) is 16.0. The first-order chi connectivity index (χ1) is 11.7. The molecule has 1 N–H and O–H groups in total. The minimum Gasteiger partial charge on any atom is -0.355 e. The summed E-state index contributed by atoms with van der Waals surface area (Å²) >= 11 is 0. The zero-order valence-corrected chi connectivity index (χ0v) is 13.3. The van der Waals surface area contributed by atoms with Gasteiger partial charge in [0.05, 0.1) is 6.42 Å². The van der Waals surface area contributed by atoms with Crippen LogP contribution >= 0.6 is 0 Å². The number of nitrogens with one attached hydrogen (secondary N) is 1. The molecule has 122 valence electrons. The number of carbonyl (C=O) groups is 1. The molecule has 0 saturated carbocycles. The Morgan fingerprint density at radius 3 is 2.38 bits per heavy atom. The van der Waals surface area contributed by atoms with Crippen LogP contribution in [0.1, 0.15) is 11.1 Å². The molecule has 1 amide bonds. The predicted octanol–water partition coefficient (Wildman–Crippen LogP) is 3.52. The minimum atomic E-state index is -0.229. The summed E-state index contributed by atoms with van der Waals surface area (Å²) in [4.78, 5) is 12.0. The molecule has 0 radical (unpaired) electrons. The number of aromatic nitrogens is 1. The maximum atomic E-state index is 13.5. The monoisotopic (exact) mass is 322 g/mol. The fourth-order valence-corrected chi connectivity index (χ4v) is 2.58. The first-order valence-electron chi connectivity index (χ1n) is 7.95. The van der Waals surface area contributed by atoms with E-state index in [0.29, 0.717) is 24.9 Å². The third kappa shape index (κ3) is 4.10. The standard InChI is InChI=1S/C20H19FN2O/c21-19-6-2-1-5-17(19)11-12-22-20(24)15-16-7-9-18(10-8-16)23-13-3-4-14-23/h1-10,13-14H,11-12,15H2,(H,22,24). The molecule has 0 atom stereocenters. The maximum Gasteiger partial charge on any atom is 0.224 e. The van der Waals surface area contributed by atoms with Gasteiger partial charge >= 0.3 is 0 Å². The summed E-state index contributed by atoms with van der Waals surface area (Å²) in [6.07, 6.45) is 4.77. The molecule has 3 rings (SSSR count). The lowest BCUT2D eigenvalue weighted by Crippen LogP contribution is -2.27. The molecule has 0 aliphatic carbocycles. The topological polar surface area (TPSA) is 34.0 Å². The second-order valence-corrected chi connectivity index (χ2v) is 5.62. The Bertz CT molecular complexity index is 795. The summed E-state index contributed by atoms with van der Waals surface area (Å²) in [6, 6.07) is 18.4. The van der Waals surface area contributed by atoms with Gasteiger partial charge in [-0.15, -0.1) is 0 Å².